The van der Waals surface area contributed by atoms with E-state index in [1.165, 1.54) is 11.3 Å². The topological polar surface area (TPSA) is 62.0 Å². The summed E-state index contributed by atoms with van der Waals surface area (Å²) in [5, 5.41) is 16.2. The Kier molecular flexibility index (Phi) is 4.98. The number of benzene rings is 4. The number of thiazole rings is 1. The molecular formula is C24H17N5S. The van der Waals surface area contributed by atoms with Gasteiger partial charge in [0.25, 0.3) is 0 Å². The van der Waals surface area contributed by atoms with Gasteiger partial charge < -0.3 is 0 Å². The van der Waals surface area contributed by atoms with Gasteiger partial charge in [-0.2, -0.15) is 5.10 Å². The van der Waals surface area contributed by atoms with E-state index in [9.17, 15) is 0 Å². The zero-order valence-corrected chi connectivity index (χ0v) is 16.8. The summed E-state index contributed by atoms with van der Waals surface area (Å²) in [6, 6.07) is 32.0. The lowest BCUT2D eigenvalue weighted by molar-refractivity contribution is 1.21. The van der Waals surface area contributed by atoms with Crippen LogP contribution in [0.3, 0.4) is 0 Å². The van der Waals surface area contributed by atoms with Crippen molar-refractivity contribution in [2.75, 3.05) is 5.43 Å². The van der Waals surface area contributed by atoms with Gasteiger partial charge in [0.05, 0.1) is 15.9 Å². The van der Waals surface area contributed by atoms with E-state index in [0.717, 1.165) is 32.2 Å². The highest BCUT2D eigenvalue weighted by Gasteiger charge is 2.06. The van der Waals surface area contributed by atoms with Gasteiger partial charge in [0.1, 0.15) is 0 Å². The van der Waals surface area contributed by atoms with Crippen LogP contribution in [0.25, 0.3) is 21.0 Å². The Morgan fingerprint density at radius 3 is 2.43 bits per heavy atom. The molecule has 0 spiro atoms. The van der Waals surface area contributed by atoms with Gasteiger partial charge in [-0.3, -0.25) is 5.43 Å². The molecule has 0 atom stereocenters. The van der Waals surface area contributed by atoms with Crippen LogP contribution >= 0.6 is 11.3 Å². The number of anilines is 1. The van der Waals surface area contributed by atoms with Gasteiger partial charge >= 0.3 is 0 Å². The maximum atomic E-state index is 4.57. The number of hydrazone groups is 1. The minimum absolute atomic E-state index is 0.489. The van der Waals surface area contributed by atoms with Crippen molar-refractivity contribution in [3.8, 4) is 0 Å². The van der Waals surface area contributed by atoms with E-state index < -0.39 is 0 Å². The van der Waals surface area contributed by atoms with Crippen LogP contribution in [0.1, 0.15) is 5.56 Å². The van der Waals surface area contributed by atoms with Crippen LogP contribution in [-0.4, -0.2) is 10.8 Å². The Hall–Kier alpha value is -3.90. The second kappa shape index (κ2) is 8.23. The van der Waals surface area contributed by atoms with Crippen molar-refractivity contribution in [1.29, 1.82) is 0 Å². The molecule has 144 valence electrons. The molecule has 0 aliphatic heterocycles. The van der Waals surface area contributed by atoms with E-state index in [0.29, 0.717) is 11.0 Å². The van der Waals surface area contributed by atoms with Crippen LogP contribution in [0.2, 0.25) is 0 Å². The molecule has 0 aliphatic rings. The average Bonchev–Trinajstić information content (AvgIpc) is 3.23. The molecule has 1 heterocycles. The molecule has 6 heteroatoms. The standard InChI is InChI=1S/C24H17N5S/c1-2-10-18(11-3-1)23(28-29-24-25-21-14-6-7-16-22(21)30-24)27-26-20-15-8-12-17-9-4-5-13-19(17)20/h1-16,26H/b27-23-,29-28?. The Morgan fingerprint density at radius 1 is 0.767 bits per heavy atom. The van der Waals surface area contributed by atoms with Crippen LogP contribution < -0.4 is 5.43 Å². The number of nitrogens with zero attached hydrogens (tertiary/aromatic N) is 4. The summed E-state index contributed by atoms with van der Waals surface area (Å²) in [6.07, 6.45) is 0. The number of amidine groups is 1. The van der Waals surface area contributed by atoms with Gasteiger partial charge in [-0.1, -0.05) is 90.2 Å². The van der Waals surface area contributed by atoms with Gasteiger partial charge in [-0.15, -0.1) is 10.2 Å². The zero-order chi connectivity index (χ0) is 20.2. The van der Waals surface area contributed by atoms with Gasteiger partial charge in [0, 0.05) is 10.9 Å². The van der Waals surface area contributed by atoms with Crippen molar-refractivity contribution < 1.29 is 0 Å². The quantitative estimate of drug-likeness (QED) is 0.151. The van der Waals surface area contributed by atoms with Gasteiger partial charge in [-0.25, -0.2) is 4.98 Å². The number of para-hydroxylation sites is 1. The van der Waals surface area contributed by atoms with E-state index in [1.807, 2.05) is 78.9 Å². The minimum atomic E-state index is 0.489. The molecule has 0 unspecified atom stereocenters. The predicted molar refractivity (Wildman–Crippen MR) is 125 cm³/mol. The van der Waals surface area contributed by atoms with Crippen molar-refractivity contribution in [2.45, 2.75) is 0 Å². The molecule has 0 aliphatic carbocycles. The second-order valence-electron chi connectivity index (χ2n) is 6.60. The fraction of sp³-hybridized carbons (Fsp3) is 0. The highest BCUT2D eigenvalue weighted by atomic mass is 32.1. The molecular weight excluding hydrogens is 390 g/mol. The minimum Gasteiger partial charge on any atom is -0.276 e. The molecule has 30 heavy (non-hydrogen) atoms. The molecule has 0 radical (unpaired) electrons. The first-order valence-corrected chi connectivity index (χ1v) is 10.3. The lowest BCUT2D eigenvalue weighted by Crippen LogP contribution is -2.01. The van der Waals surface area contributed by atoms with Crippen molar-refractivity contribution >= 4 is 49.0 Å². The number of fused-ring (bicyclic) bond motifs is 2. The third-order valence-electron chi connectivity index (χ3n) is 4.62. The Morgan fingerprint density at radius 2 is 1.53 bits per heavy atom. The summed E-state index contributed by atoms with van der Waals surface area (Å²) in [6.45, 7) is 0. The lowest BCUT2D eigenvalue weighted by atomic mass is 10.1. The fourth-order valence-electron chi connectivity index (χ4n) is 3.16. The van der Waals surface area contributed by atoms with E-state index in [1.54, 1.807) is 0 Å². The van der Waals surface area contributed by atoms with Crippen molar-refractivity contribution in [3.05, 3.63) is 103 Å². The maximum absolute atomic E-state index is 4.57. The van der Waals surface area contributed by atoms with Crippen LogP contribution in [0.4, 0.5) is 10.8 Å². The number of hydrogen-bond acceptors (Lipinski definition) is 5. The summed E-state index contributed by atoms with van der Waals surface area (Å²) in [4.78, 5) is 4.52. The maximum Gasteiger partial charge on any atom is 0.231 e. The second-order valence-corrected chi connectivity index (χ2v) is 7.61. The van der Waals surface area contributed by atoms with E-state index in [2.05, 4.69) is 43.9 Å². The highest BCUT2D eigenvalue weighted by Crippen LogP contribution is 2.28. The summed E-state index contributed by atoms with van der Waals surface area (Å²) in [5.41, 5.74) is 5.87. The first-order valence-electron chi connectivity index (χ1n) is 9.51. The van der Waals surface area contributed by atoms with Crippen molar-refractivity contribution in [2.24, 2.45) is 15.3 Å². The smallest absolute Gasteiger partial charge is 0.231 e. The number of nitrogens with one attached hydrogen (secondary N) is 1. The zero-order valence-electron chi connectivity index (χ0n) is 15.9. The van der Waals surface area contributed by atoms with E-state index in [-0.39, 0.29) is 0 Å². The molecule has 0 saturated heterocycles. The third kappa shape index (κ3) is 3.81. The Labute approximate surface area is 177 Å². The van der Waals surface area contributed by atoms with E-state index >= 15 is 0 Å². The van der Waals surface area contributed by atoms with Crippen LogP contribution in [0, 0.1) is 0 Å². The number of azo groups is 1. The van der Waals surface area contributed by atoms with E-state index in [4.69, 9.17) is 0 Å². The number of hydrogen-bond donors (Lipinski definition) is 1. The summed E-state index contributed by atoms with van der Waals surface area (Å²) in [7, 11) is 0. The molecule has 0 fully saturated rings. The molecule has 5 nitrogen and oxygen atoms in total. The largest absolute Gasteiger partial charge is 0.276 e. The van der Waals surface area contributed by atoms with Crippen LogP contribution in [-0.2, 0) is 0 Å². The Balaban J connectivity index is 1.50. The third-order valence-corrected chi connectivity index (χ3v) is 5.54. The summed E-state index contributed by atoms with van der Waals surface area (Å²) in [5.74, 6) is 0.489. The lowest BCUT2D eigenvalue weighted by Gasteiger charge is -2.06. The van der Waals surface area contributed by atoms with Crippen LogP contribution in [0.5, 0.6) is 0 Å². The number of rotatable bonds is 4. The summed E-state index contributed by atoms with van der Waals surface area (Å²) >= 11 is 1.50. The van der Waals surface area contributed by atoms with Gasteiger partial charge in [0.15, 0.2) is 0 Å². The fourth-order valence-corrected chi connectivity index (χ4v) is 3.95. The molecule has 0 bridgehead atoms. The molecule has 0 saturated carbocycles. The first-order chi connectivity index (χ1) is 14.9. The molecule has 1 aromatic heterocycles. The van der Waals surface area contributed by atoms with Crippen LogP contribution in [0.15, 0.2) is 112 Å². The van der Waals surface area contributed by atoms with Crippen molar-refractivity contribution in [3.63, 3.8) is 0 Å². The summed E-state index contributed by atoms with van der Waals surface area (Å²) < 4.78 is 1.08. The molecule has 0 amide bonds. The monoisotopic (exact) mass is 407 g/mol. The normalized spacial score (nSPS) is 12.1. The van der Waals surface area contributed by atoms with Gasteiger partial charge in [-0.05, 0) is 23.6 Å². The van der Waals surface area contributed by atoms with Gasteiger partial charge in [0.2, 0.25) is 11.0 Å². The molecule has 4 aromatic carbocycles. The Bertz CT molecular complexity index is 1330. The molecule has 5 rings (SSSR count). The predicted octanol–water partition coefficient (Wildman–Crippen LogP) is 7.01. The molecule has 5 aromatic rings. The highest BCUT2D eigenvalue weighted by molar-refractivity contribution is 7.21. The first kappa shape index (κ1) is 18.1. The van der Waals surface area contributed by atoms with Crippen molar-refractivity contribution in [1.82, 2.24) is 4.98 Å². The average molecular weight is 408 g/mol. The molecule has 1 N–H and O–H groups in total. The number of aromatic nitrogens is 1. The SMILES string of the molecule is c1ccc(/C(N=Nc2nc3ccccc3s2)=N/Nc2cccc3ccccc23)cc1.